The number of nitrogen functional groups attached to an aromatic ring is 1. The fourth-order valence-electron chi connectivity index (χ4n) is 3.26. The molecule has 0 bridgehead atoms. The summed E-state index contributed by atoms with van der Waals surface area (Å²) in [5, 5.41) is 0. The normalized spacial score (nSPS) is 23.7. The van der Waals surface area contributed by atoms with Gasteiger partial charge in [0.2, 0.25) is 0 Å². The Balaban J connectivity index is 2.22. The van der Waals surface area contributed by atoms with E-state index in [0.29, 0.717) is 5.92 Å². The number of aromatic nitrogens is 2. The van der Waals surface area contributed by atoms with Crippen molar-refractivity contribution in [3.05, 3.63) is 11.5 Å². The molecule has 3 heteroatoms. The second kappa shape index (κ2) is 6.44. The largest absolute Gasteiger partial charge is 0.384 e. The quantitative estimate of drug-likeness (QED) is 0.868. The van der Waals surface area contributed by atoms with Crippen LogP contribution in [0.1, 0.15) is 76.7 Å². The number of hydrogen-bond donors (Lipinski definition) is 1. The topological polar surface area (TPSA) is 43.8 Å². The molecule has 0 saturated heterocycles. The second-order valence-electron chi connectivity index (χ2n) is 6.16. The molecule has 19 heavy (non-hydrogen) atoms. The Morgan fingerprint density at radius 1 is 1.16 bits per heavy atom. The highest BCUT2D eigenvalue weighted by atomic mass is 15.1. The maximum atomic E-state index is 6.39. The van der Waals surface area contributed by atoms with Crippen molar-refractivity contribution in [3.63, 3.8) is 0 Å². The maximum absolute atomic E-state index is 6.39. The first-order valence-corrected chi connectivity index (χ1v) is 8.02. The first-order valence-electron chi connectivity index (χ1n) is 8.02. The monoisotopic (exact) mass is 263 g/mol. The molecular formula is C16H29N3. The lowest BCUT2D eigenvalue weighted by Gasteiger charge is -2.25. The molecule has 2 N–H and O–H groups in total. The number of nitrogens with two attached hydrogens (primary N) is 1. The summed E-state index contributed by atoms with van der Waals surface area (Å²) < 4.78 is 2.26. The molecule has 0 aromatic carbocycles. The molecule has 0 radical (unpaired) electrons. The Hall–Kier alpha value is -0.990. The zero-order valence-corrected chi connectivity index (χ0v) is 12.8. The van der Waals surface area contributed by atoms with Gasteiger partial charge in [0.1, 0.15) is 11.6 Å². The van der Waals surface area contributed by atoms with Crippen molar-refractivity contribution < 1.29 is 0 Å². The SMILES string of the molecule is CCCc1nc(C2CCC(C)CC2)c(N)n1CCC. The molecule has 0 unspecified atom stereocenters. The first-order chi connectivity index (χ1) is 9.17. The van der Waals surface area contributed by atoms with E-state index >= 15 is 0 Å². The number of aryl methyl sites for hydroxylation is 1. The van der Waals surface area contributed by atoms with Crippen molar-refractivity contribution in [2.75, 3.05) is 5.73 Å². The van der Waals surface area contributed by atoms with E-state index in [1.807, 2.05) is 0 Å². The van der Waals surface area contributed by atoms with Crippen molar-refractivity contribution in [1.29, 1.82) is 0 Å². The minimum atomic E-state index is 0.602. The van der Waals surface area contributed by atoms with Crippen molar-refractivity contribution in [2.24, 2.45) is 5.92 Å². The Morgan fingerprint density at radius 2 is 1.84 bits per heavy atom. The highest BCUT2D eigenvalue weighted by Gasteiger charge is 2.25. The minimum Gasteiger partial charge on any atom is -0.384 e. The third kappa shape index (κ3) is 3.13. The average Bonchev–Trinajstić information content (AvgIpc) is 2.70. The molecule has 0 aliphatic heterocycles. The summed E-state index contributed by atoms with van der Waals surface area (Å²) in [5.74, 6) is 3.63. The Bertz CT molecular complexity index is 400. The molecule has 1 fully saturated rings. The fraction of sp³-hybridized carbons (Fsp3) is 0.812. The lowest BCUT2D eigenvalue weighted by Crippen LogP contribution is -2.13. The van der Waals surface area contributed by atoms with Crippen LogP contribution < -0.4 is 5.73 Å². The van der Waals surface area contributed by atoms with Gasteiger partial charge in [0.05, 0.1) is 5.69 Å². The van der Waals surface area contributed by atoms with Crippen LogP contribution in [0.5, 0.6) is 0 Å². The third-order valence-corrected chi connectivity index (χ3v) is 4.44. The highest BCUT2D eigenvalue weighted by molar-refractivity contribution is 5.41. The van der Waals surface area contributed by atoms with E-state index in [2.05, 4.69) is 25.3 Å². The molecule has 1 heterocycles. The van der Waals surface area contributed by atoms with E-state index < -0.39 is 0 Å². The van der Waals surface area contributed by atoms with Gasteiger partial charge < -0.3 is 10.3 Å². The molecule has 108 valence electrons. The zero-order valence-electron chi connectivity index (χ0n) is 12.8. The molecule has 0 amide bonds. The van der Waals surface area contributed by atoms with Crippen LogP contribution in [0.15, 0.2) is 0 Å². The van der Waals surface area contributed by atoms with Gasteiger partial charge in [-0.15, -0.1) is 0 Å². The molecule has 1 aromatic rings. The number of anilines is 1. The van der Waals surface area contributed by atoms with Crippen LogP contribution in [0.3, 0.4) is 0 Å². The van der Waals surface area contributed by atoms with Crippen LogP contribution in [-0.4, -0.2) is 9.55 Å². The number of hydrogen-bond acceptors (Lipinski definition) is 2. The predicted octanol–water partition coefficient (Wildman–Crippen LogP) is 4.12. The van der Waals surface area contributed by atoms with Crippen molar-refractivity contribution in [1.82, 2.24) is 9.55 Å². The predicted molar refractivity (Wildman–Crippen MR) is 81.3 cm³/mol. The van der Waals surface area contributed by atoms with E-state index in [1.54, 1.807) is 0 Å². The Labute approximate surface area is 117 Å². The van der Waals surface area contributed by atoms with Gasteiger partial charge in [-0.1, -0.05) is 33.6 Å². The average molecular weight is 263 g/mol. The van der Waals surface area contributed by atoms with Gasteiger partial charge in [-0.2, -0.15) is 0 Å². The van der Waals surface area contributed by atoms with Crippen LogP contribution in [0.4, 0.5) is 5.82 Å². The summed E-state index contributed by atoms with van der Waals surface area (Å²) in [6.45, 7) is 7.79. The van der Waals surface area contributed by atoms with Gasteiger partial charge in [-0.05, 0) is 31.6 Å². The molecule has 1 aliphatic rings. The van der Waals surface area contributed by atoms with Crippen molar-refractivity contribution >= 4 is 5.82 Å². The molecule has 0 atom stereocenters. The Kier molecular flexibility index (Phi) is 4.89. The van der Waals surface area contributed by atoms with Gasteiger partial charge in [-0.25, -0.2) is 4.98 Å². The smallest absolute Gasteiger partial charge is 0.127 e. The maximum Gasteiger partial charge on any atom is 0.127 e. The molecule has 2 rings (SSSR count). The van der Waals surface area contributed by atoms with Gasteiger partial charge in [-0.3, -0.25) is 0 Å². The van der Waals surface area contributed by atoms with Crippen LogP contribution in [0, 0.1) is 5.92 Å². The van der Waals surface area contributed by atoms with E-state index in [1.165, 1.54) is 37.2 Å². The summed E-state index contributed by atoms with van der Waals surface area (Å²) in [4.78, 5) is 4.90. The molecule has 1 aliphatic carbocycles. The van der Waals surface area contributed by atoms with Crippen LogP contribution in [0.25, 0.3) is 0 Å². The zero-order chi connectivity index (χ0) is 13.8. The van der Waals surface area contributed by atoms with Crippen LogP contribution >= 0.6 is 0 Å². The van der Waals surface area contributed by atoms with E-state index in [-0.39, 0.29) is 0 Å². The van der Waals surface area contributed by atoms with Crippen LogP contribution in [0.2, 0.25) is 0 Å². The first kappa shape index (κ1) is 14.4. The fourth-order valence-corrected chi connectivity index (χ4v) is 3.26. The summed E-state index contributed by atoms with van der Waals surface area (Å²) in [7, 11) is 0. The van der Waals surface area contributed by atoms with Crippen molar-refractivity contribution in [3.8, 4) is 0 Å². The summed E-state index contributed by atoms with van der Waals surface area (Å²) in [6.07, 6.45) is 8.49. The standard InChI is InChI=1S/C16H29N3/c1-4-6-14-18-15(16(17)19(14)11-5-2)13-9-7-12(3)8-10-13/h12-13H,4-11,17H2,1-3H3. The number of imidazole rings is 1. The van der Waals surface area contributed by atoms with Gasteiger partial charge in [0, 0.05) is 18.9 Å². The lowest BCUT2D eigenvalue weighted by atomic mass is 9.81. The summed E-state index contributed by atoms with van der Waals surface area (Å²) in [6, 6.07) is 0. The lowest BCUT2D eigenvalue weighted by molar-refractivity contribution is 0.345. The molecule has 3 nitrogen and oxygen atoms in total. The number of nitrogens with zero attached hydrogens (tertiary/aromatic N) is 2. The van der Waals surface area contributed by atoms with E-state index in [4.69, 9.17) is 10.7 Å². The summed E-state index contributed by atoms with van der Waals surface area (Å²) >= 11 is 0. The van der Waals surface area contributed by atoms with Gasteiger partial charge in [0.25, 0.3) is 0 Å². The van der Waals surface area contributed by atoms with E-state index in [9.17, 15) is 0 Å². The Morgan fingerprint density at radius 3 is 2.42 bits per heavy atom. The molecule has 1 aromatic heterocycles. The van der Waals surface area contributed by atoms with Gasteiger partial charge >= 0.3 is 0 Å². The number of rotatable bonds is 5. The third-order valence-electron chi connectivity index (χ3n) is 4.44. The second-order valence-corrected chi connectivity index (χ2v) is 6.16. The molecular weight excluding hydrogens is 234 g/mol. The van der Waals surface area contributed by atoms with Crippen molar-refractivity contribution in [2.45, 2.75) is 78.2 Å². The molecule has 1 saturated carbocycles. The minimum absolute atomic E-state index is 0.602. The molecule has 0 spiro atoms. The van der Waals surface area contributed by atoms with E-state index in [0.717, 1.165) is 37.5 Å². The highest BCUT2D eigenvalue weighted by Crippen LogP contribution is 2.37. The van der Waals surface area contributed by atoms with Crippen LogP contribution in [-0.2, 0) is 13.0 Å². The van der Waals surface area contributed by atoms with Gasteiger partial charge in [0.15, 0.2) is 0 Å². The summed E-state index contributed by atoms with van der Waals surface area (Å²) in [5.41, 5.74) is 7.58.